The smallest absolute Gasteiger partial charge is 0.258 e. The molecule has 126 valence electrons. The van der Waals surface area contributed by atoms with Gasteiger partial charge in [0, 0.05) is 56.0 Å². The van der Waals surface area contributed by atoms with E-state index >= 15 is 0 Å². The van der Waals surface area contributed by atoms with E-state index in [-0.39, 0.29) is 11.5 Å². The highest BCUT2D eigenvalue weighted by Crippen LogP contribution is 2.53. The number of amides is 1. The van der Waals surface area contributed by atoms with Crippen LogP contribution in [0.15, 0.2) is 12.1 Å². The zero-order valence-electron chi connectivity index (χ0n) is 13.6. The Balaban J connectivity index is 1.67. The Kier molecular flexibility index (Phi) is 3.96. The van der Waals surface area contributed by atoms with Gasteiger partial charge in [-0.25, -0.2) is 0 Å². The average molecular weight is 335 g/mol. The van der Waals surface area contributed by atoms with Gasteiger partial charge in [0.2, 0.25) is 0 Å². The first kappa shape index (κ1) is 15.6. The molecule has 2 bridgehead atoms. The van der Waals surface area contributed by atoms with E-state index < -0.39 is 0 Å². The van der Waals surface area contributed by atoms with Crippen molar-refractivity contribution in [3.05, 3.63) is 21.9 Å². The number of carbonyl (C=O) groups is 1. The molecule has 3 fully saturated rings. The Morgan fingerprint density at radius 3 is 2.52 bits per heavy atom. The minimum absolute atomic E-state index is 0.232. The minimum Gasteiger partial charge on any atom is -0.372 e. The number of rotatable bonds is 4. The van der Waals surface area contributed by atoms with Gasteiger partial charge in [-0.1, -0.05) is 6.42 Å². The molecule has 3 N–H and O–H groups in total. The van der Waals surface area contributed by atoms with Crippen molar-refractivity contribution in [2.45, 2.75) is 30.9 Å². The van der Waals surface area contributed by atoms with Crippen molar-refractivity contribution in [1.29, 1.82) is 0 Å². The van der Waals surface area contributed by atoms with Crippen LogP contribution in [0.25, 0.3) is 0 Å². The fourth-order valence-electron chi connectivity index (χ4n) is 4.81. The van der Waals surface area contributed by atoms with Gasteiger partial charge < -0.3 is 15.8 Å². The van der Waals surface area contributed by atoms with Crippen molar-refractivity contribution in [3.63, 3.8) is 0 Å². The van der Waals surface area contributed by atoms with Gasteiger partial charge in [0.1, 0.15) is 5.60 Å². The second-order valence-corrected chi connectivity index (χ2v) is 8.20. The fourth-order valence-corrected chi connectivity index (χ4v) is 6.00. The van der Waals surface area contributed by atoms with Crippen molar-refractivity contribution < 1.29 is 9.53 Å². The van der Waals surface area contributed by atoms with Crippen molar-refractivity contribution in [1.82, 2.24) is 10.2 Å². The molecule has 6 heteroatoms. The number of carbonyl (C=O) groups excluding carboxylic acids is 1. The summed E-state index contributed by atoms with van der Waals surface area (Å²) < 4.78 is 6.22. The summed E-state index contributed by atoms with van der Waals surface area (Å²) >= 11 is 1.53. The monoisotopic (exact) mass is 335 g/mol. The molecule has 2 aliphatic heterocycles. The number of nitrogens with one attached hydrogen (secondary N) is 1. The molecule has 1 aromatic rings. The molecular formula is C17H25N3O2S. The SMILES string of the molecule is COC1(c2ccc(C(N)=O)s2)C2CCCC1CN(C1CNC1)C2. The van der Waals surface area contributed by atoms with Gasteiger partial charge >= 0.3 is 0 Å². The Labute approximate surface area is 141 Å². The first-order valence-corrected chi connectivity index (χ1v) is 9.37. The molecule has 2 saturated heterocycles. The molecule has 3 aliphatic rings. The Morgan fingerprint density at radius 1 is 1.35 bits per heavy atom. The third-order valence-corrected chi connectivity index (χ3v) is 7.31. The average Bonchev–Trinajstić information content (AvgIpc) is 2.95. The molecule has 4 rings (SSSR count). The highest BCUT2D eigenvalue weighted by atomic mass is 32.1. The molecule has 0 spiro atoms. The van der Waals surface area contributed by atoms with Gasteiger partial charge in [0.05, 0.1) is 4.88 Å². The molecule has 0 aromatic carbocycles. The molecule has 2 atom stereocenters. The molecule has 1 aliphatic carbocycles. The van der Waals surface area contributed by atoms with E-state index in [2.05, 4.69) is 16.3 Å². The zero-order chi connectivity index (χ0) is 16.0. The Hall–Kier alpha value is -0.950. The number of hydrogen-bond donors (Lipinski definition) is 2. The molecular weight excluding hydrogens is 310 g/mol. The number of thiophene rings is 1. The van der Waals surface area contributed by atoms with Gasteiger partial charge in [0.15, 0.2) is 0 Å². The van der Waals surface area contributed by atoms with Gasteiger partial charge in [-0.2, -0.15) is 0 Å². The molecule has 23 heavy (non-hydrogen) atoms. The van der Waals surface area contributed by atoms with Crippen LogP contribution in [0.2, 0.25) is 0 Å². The predicted molar refractivity (Wildman–Crippen MR) is 90.6 cm³/mol. The van der Waals surface area contributed by atoms with E-state index in [1.54, 1.807) is 0 Å². The van der Waals surface area contributed by atoms with Crippen molar-refractivity contribution in [3.8, 4) is 0 Å². The van der Waals surface area contributed by atoms with E-state index in [0.717, 1.165) is 26.2 Å². The van der Waals surface area contributed by atoms with E-state index in [4.69, 9.17) is 10.5 Å². The number of primary amides is 1. The number of methoxy groups -OCH3 is 1. The summed E-state index contributed by atoms with van der Waals surface area (Å²) in [4.78, 5) is 16.0. The minimum atomic E-state index is -0.337. The zero-order valence-corrected chi connectivity index (χ0v) is 14.4. The number of nitrogens with zero attached hydrogens (tertiary/aromatic N) is 1. The second kappa shape index (κ2) is 5.84. The molecule has 3 heterocycles. The van der Waals surface area contributed by atoms with Gasteiger partial charge in [-0.05, 0) is 25.0 Å². The van der Waals surface area contributed by atoms with Crippen LogP contribution in [0.3, 0.4) is 0 Å². The molecule has 5 nitrogen and oxygen atoms in total. The summed E-state index contributed by atoms with van der Waals surface area (Å²) in [5, 5.41) is 3.38. The van der Waals surface area contributed by atoms with Crippen LogP contribution in [0, 0.1) is 11.8 Å². The van der Waals surface area contributed by atoms with Crippen LogP contribution in [0.4, 0.5) is 0 Å². The quantitative estimate of drug-likeness (QED) is 0.873. The Bertz CT molecular complexity index is 584. The van der Waals surface area contributed by atoms with Crippen LogP contribution in [-0.2, 0) is 10.3 Å². The maximum absolute atomic E-state index is 11.5. The lowest BCUT2D eigenvalue weighted by Gasteiger charge is -2.57. The van der Waals surface area contributed by atoms with Crippen LogP contribution >= 0.6 is 11.3 Å². The number of piperidine rings is 1. The van der Waals surface area contributed by atoms with Crippen LogP contribution in [0.1, 0.15) is 33.8 Å². The second-order valence-electron chi connectivity index (χ2n) is 7.12. The van der Waals surface area contributed by atoms with Crippen LogP contribution in [0.5, 0.6) is 0 Å². The number of nitrogens with two attached hydrogens (primary N) is 1. The highest BCUT2D eigenvalue weighted by molar-refractivity contribution is 7.14. The summed E-state index contributed by atoms with van der Waals surface area (Å²) in [5.41, 5.74) is 5.23. The maximum Gasteiger partial charge on any atom is 0.258 e. The third kappa shape index (κ3) is 2.35. The van der Waals surface area contributed by atoms with E-state index in [1.165, 1.54) is 35.5 Å². The first-order chi connectivity index (χ1) is 11.1. The summed E-state index contributed by atoms with van der Waals surface area (Å²) in [6.07, 6.45) is 3.68. The van der Waals surface area contributed by atoms with E-state index in [9.17, 15) is 4.79 Å². The van der Waals surface area contributed by atoms with Crippen LogP contribution < -0.4 is 11.1 Å². The predicted octanol–water partition coefficient (Wildman–Crippen LogP) is 1.39. The lowest BCUT2D eigenvalue weighted by Crippen LogP contribution is -2.66. The lowest BCUT2D eigenvalue weighted by atomic mass is 9.64. The van der Waals surface area contributed by atoms with Crippen molar-refractivity contribution >= 4 is 17.2 Å². The topological polar surface area (TPSA) is 67.6 Å². The van der Waals surface area contributed by atoms with Gasteiger partial charge in [0.25, 0.3) is 5.91 Å². The molecule has 1 aromatic heterocycles. The molecule has 2 unspecified atom stereocenters. The van der Waals surface area contributed by atoms with Gasteiger partial charge in [-0.15, -0.1) is 11.3 Å². The Morgan fingerprint density at radius 2 is 2.04 bits per heavy atom. The summed E-state index contributed by atoms with van der Waals surface area (Å²) in [7, 11) is 1.84. The summed E-state index contributed by atoms with van der Waals surface area (Å²) in [6, 6.07) is 4.62. The lowest BCUT2D eigenvalue weighted by molar-refractivity contribution is -0.174. The third-order valence-electron chi connectivity index (χ3n) is 6.08. The highest BCUT2D eigenvalue weighted by Gasteiger charge is 2.54. The molecule has 1 amide bonds. The fraction of sp³-hybridized carbons (Fsp3) is 0.706. The standard InChI is InChI=1S/C17H25N3O2S/c1-22-17(15-6-5-14(23-15)16(18)21)11-3-2-4-12(17)10-20(9-11)13-7-19-8-13/h5-6,11-13,19H,2-4,7-10H2,1H3,(H2,18,21). The van der Waals surface area contributed by atoms with Crippen molar-refractivity contribution in [2.75, 3.05) is 33.3 Å². The van der Waals surface area contributed by atoms with E-state index in [0.29, 0.717) is 22.8 Å². The summed E-state index contributed by atoms with van der Waals surface area (Å²) in [5.74, 6) is 0.663. The van der Waals surface area contributed by atoms with E-state index in [1.807, 2.05) is 13.2 Å². The molecule has 1 saturated carbocycles. The molecule has 0 radical (unpaired) electrons. The number of fused-ring (bicyclic) bond motifs is 2. The van der Waals surface area contributed by atoms with Crippen molar-refractivity contribution in [2.24, 2.45) is 17.6 Å². The number of ether oxygens (including phenoxy) is 1. The van der Waals surface area contributed by atoms with Gasteiger partial charge in [-0.3, -0.25) is 9.69 Å². The first-order valence-electron chi connectivity index (χ1n) is 8.55. The van der Waals surface area contributed by atoms with Crippen LogP contribution in [-0.4, -0.2) is 50.1 Å². The summed E-state index contributed by atoms with van der Waals surface area (Å²) in [6.45, 7) is 4.43. The number of hydrogen-bond acceptors (Lipinski definition) is 5. The maximum atomic E-state index is 11.5. The number of likely N-dealkylation sites (tertiary alicyclic amines) is 1. The normalized spacial score (nSPS) is 35.0. The largest absolute Gasteiger partial charge is 0.372 e.